The summed E-state index contributed by atoms with van der Waals surface area (Å²) in [5.74, 6) is 0. The third kappa shape index (κ3) is 3.61. The van der Waals surface area contributed by atoms with E-state index < -0.39 is 0 Å². The van der Waals surface area contributed by atoms with Crippen molar-refractivity contribution in [2.45, 2.75) is 0 Å². The molecule has 5 heteroatoms. The van der Waals surface area contributed by atoms with Gasteiger partial charge in [0, 0.05) is 17.0 Å². The van der Waals surface area contributed by atoms with Crippen molar-refractivity contribution < 1.29 is 59.6 Å². The van der Waals surface area contributed by atoms with E-state index in [9.17, 15) is 0 Å². The number of hydrogen-bond acceptors (Lipinski definition) is 1. The van der Waals surface area contributed by atoms with Gasteiger partial charge in [-0.2, -0.15) is 0 Å². The Balaban J connectivity index is 0. The molecule has 0 atom stereocenters. The van der Waals surface area contributed by atoms with Crippen molar-refractivity contribution in [1.82, 2.24) is 4.98 Å². The summed E-state index contributed by atoms with van der Waals surface area (Å²) in [5, 5.41) is 3.70. The maximum Gasteiger partial charge on any atom is 3.00 e. The molecule has 2 aromatic carbocycles. The summed E-state index contributed by atoms with van der Waals surface area (Å²) in [4.78, 5) is 4.41. The van der Waals surface area contributed by atoms with Crippen LogP contribution in [0.4, 0.5) is 0 Å². The second kappa shape index (κ2) is 8.76. The number of fused-ring (bicyclic) bond motifs is 3. The number of hydrogen-bond donors (Lipinski definition) is 0. The van der Waals surface area contributed by atoms with Gasteiger partial charge in [0.15, 0.2) is 0 Å². The Hall–Kier alpha value is -0.280. The minimum atomic E-state index is 0. The standard InChI is InChI=1S/C13H9N.Au.3ClH/c1-2-6-11-10(5-1)9-14-13-8-4-3-7-12(11)13;;;;/h1-9H;;3*1H/q;+3;;;/p-3. The summed E-state index contributed by atoms with van der Waals surface area (Å²) in [7, 11) is 0. The Morgan fingerprint density at radius 1 is 0.667 bits per heavy atom. The Labute approximate surface area is 140 Å². The van der Waals surface area contributed by atoms with E-state index in [1.165, 1.54) is 16.2 Å². The van der Waals surface area contributed by atoms with E-state index in [2.05, 4.69) is 35.3 Å². The number of pyridine rings is 1. The average Bonchev–Trinajstić information content (AvgIpc) is 2.29. The largest absolute Gasteiger partial charge is 3.00 e. The van der Waals surface area contributed by atoms with Crippen LogP contribution in [0.2, 0.25) is 0 Å². The van der Waals surface area contributed by atoms with Gasteiger partial charge in [-0.15, -0.1) is 0 Å². The number of nitrogens with zero attached hydrogens (tertiary/aromatic N) is 1. The minimum Gasteiger partial charge on any atom is -1.00 e. The van der Waals surface area contributed by atoms with Crippen LogP contribution in [-0.2, 0) is 22.4 Å². The molecule has 3 aromatic rings. The molecule has 0 saturated heterocycles. The molecule has 0 spiro atoms. The van der Waals surface area contributed by atoms with Crippen LogP contribution < -0.4 is 37.2 Å². The minimum absolute atomic E-state index is 0. The molecule has 0 N–H and O–H groups in total. The first kappa shape index (κ1) is 20.0. The van der Waals surface area contributed by atoms with Crippen LogP contribution in [0.5, 0.6) is 0 Å². The van der Waals surface area contributed by atoms with Crippen LogP contribution in [0.1, 0.15) is 0 Å². The zero-order valence-electron chi connectivity index (χ0n) is 9.08. The molecule has 1 heterocycles. The first-order chi connectivity index (χ1) is 6.95. The molecule has 1 aromatic heterocycles. The maximum atomic E-state index is 4.41. The molecule has 0 aliphatic rings. The molecule has 0 fully saturated rings. The molecule has 3 rings (SSSR count). The van der Waals surface area contributed by atoms with Crippen molar-refractivity contribution in [3.05, 3.63) is 54.7 Å². The van der Waals surface area contributed by atoms with E-state index in [1.54, 1.807) is 0 Å². The van der Waals surface area contributed by atoms with Crippen molar-refractivity contribution >= 4 is 21.7 Å². The molecule has 98 valence electrons. The summed E-state index contributed by atoms with van der Waals surface area (Å²) in [6.07, 6.45) is 1.93. The summed E-state index contributed by atoms with van der Waals surface area (Å²) in [6.45, 7) is 0. The van der Waals surface area contributed by atoms with Gasteiger partial charge in [-0.3, -0.25) is 4.98 Å². The normalized spacial score (nSPS) is 8.44. The zero-order valence-corrected chi connectivity index (χ0v) is 13.5. The van der Waals surface area contributed by atoms with Crippen molar-refractivity contribution in [2.75, 3.05) is 0 Å². The fourth-order valence-electron chi connectivity index (χ4n) is 1.81. The SMILES string of the molecule is [Au+3].[Cl-].[Cl-].[Cl-].c1ccc2c(c1)cnc1ccccc12. The molecule has 0 saturated carbocycles. The van der Waals surface area contributed by atoms with E-state index in [0.29, 0.717) is 0 Å². The van der Waals surface area contributed by atoms with E-state index in [-0.39, 0.29) is 59.6 Å². The Morgan fingerprint density at radius 3 is 1.94 bits per heavy atom. The summed E-state index contributed by atoms with van der Waals surface area (Å²) in [5.41, 5.74) is 1.06. The Kier molecular flexibility index (Phi) is 9.75. The van der Waals surface area contributed by atoms with Crippen LogP contribution in [0.15, 0.2) is 54.7 Å². The number of rotatable bonds is 0. The van der Waals surface area contributed by atoms with Crippen LogP contribution >= 0.6 is 0 Å². The fraction of sp³-hybridized carbons (Fsp3) is 0. The third-order valence-corrected chi connectivity index (χ3v) is 2.50. The van der Waals surface area contributed by atoms with Gasteiger partial charge in [-0.25, -0.2) is 0 Å². The van der Waals surface area contributed by atoms with E-state index in [0.717, 1.165) is 5.52 Å². The Bertz CT molecular complexity index is 561. The van der Waals surface area contributed by atoms with Gasteiger partial charge in [0.25, 0.3) is 0 Å². The molecule has 0 aliphatic heterocycles. The molecule has 1 nitrogen and oxygen atoms in total. The molecule has 0 aliphatic carbocycles. The van der Waals surface area contributed by atoms with Crippen molar-refractivity contribution in [1.29, 1.82) is 0 Å². The molecule has 0 bridgehead atoms. The van der Waals surface area contributed by atoms with Gasteiger partial charge < -0.3 is 37.2 Å². The smallest absolute Gasteiger partial charge is 1.00 e. The van der Waals surface area contributed by atoms with Crippen LogP contribution in [0.25, 0.3) is 21.7 Å². The maximum absolute atomic E-state index is 4.41. The van der Waals surface area contributed by atoms with E-state index in [4.69, 9.17) is 0 Å². The topological polar surface area (TPSA) is 12.9 Å². The van der Waals surface area contributed by atoms with Gasteiger partial charge in [-0.05, 0) is 11.5 Å². The fourth-order valence-corrected chi connectivity index (χ4v) is 1.81. The summed E-state index contributed by atoms with van der Waals surface area (Å²) < 4.78 is 0. The first-order valence-corrected chi connectivity index (χ1v) is 4.68. The summed E-state index contributed by atoms with van der Waals surface area (Å²) in [6, 6.07) is 16.6. The average molecular weight is 483 g/mol. The van der Waals surface area contributed by atoms with Crippen molar-refractivity contribution in [3.63, 3.8) is 0 Å². The molecule has 0 amide bonds. The molecular weight excluding hydrogens is 473 g/mol. The monoisotopic (exact) mass is 481 g/mol. The van der Waals surface area contributed by atoms with Crippen LogP contribution in [0.3, 0.4) is 0 Å². The molecular formula is C13H9AuCl3N. The zero-order chi connectivity index (χ0) is 9.38. The molecule has 0 radical (unpaired) electrons. The molecule has 0 unspecified atom stereocenters. The first-order valence-electron chi connectivity index (χ1n) is 4.68. The Morgan fingerprint density at radius 2 is 1.22 bits per heavy atom. The number of benzene rings is 2. The van der Waals surface area contributed by atoms with Crippen LogP contribution in [0, 0.1) is 0 Å². The van der Waals surface area contributed by atoms with Crippen molar-refractivity contribution in [2.24, 2.45) is 0 Å². The van der Waals surface area contributed by atoms with E-state index in [1.807, 2.05) is 24.4 Å². The second-order valence-electron chi connectivity index (χ2n) is 3.36. The van der Waals surface area contributed by atoms with Gasteiger partial charge >= 0.3 is 22.4 Å². The van der Waals surface area contributed by atoms with Crippen LogP contribution in [-0.4, -0.2) is 4.98 Å². The quantitative estimate of drug-likeness (QED) is 0.230. The predicted molar refractivity (Wildman–Crippen MR) is 59.2 cm³/mol. The van der Waals surface area contributed by atoms with Crippen molar-refractivity contribution in [3.8, 4) is 0 Å². The van der Waals surface area contributed by atoms with E-state index >= 15 is 0 Å². The van der Waals surface area contributed by atoms with Gasteiger partial charge in [0.2, 0.25) is 0 Å². The third-order valence-electron chi connectivity index (χ3n) is 2.50. The van der Waals surface area contributed by atoms with Gasteiger partial charge in [0.1, 0.15) is 0 Å². The van der Waals surface area contributed by atoms with Gasteiger partial charge in [0.05, 0.1) is 5.52 Å². The van der Waals surface area contributed by atoms with Gasteiger partial charge in [-0.1, -0.05) is 42.5 Å². The molecule has 18 heavy (non-hydrogen) atoms. The second-order valence-corrected chi connectivity index (χ2v) is 3.36. The predicted octanol–water partition coefficient (Wildman–Crippen LogP) is -5.60. The summed E-state index contributed by atoms with van der Waals surface area (Å²) >= 11 is 0. The number of aromatic nitrogens is 1. The number of halogens is 3. The number of para-hydroxylation sites is 1.